The summed E-state index contributed by atoms with van der Waals surface area (Å²) in [5.41, 5.74) is 1.95. The maximum atomic E-state index is 13.6. The minimum absolute atomic E-state index is 0.0255. The van der Waals surface area contributed by atoms with E-state index in [0.717, 1.165) is 16.6 Å². The van der Waals surface area contributed by atoms with Crippen molar-refractivity contribution in [1.29, 1.82) is 0 Å². The normalized spacial score (nSPS) is 11.2. The van der Waals surface area contributed by atoms with Crippen molar-refractivity contribution in [2.24, 2.45) is 5.10 Å². The minimum atomic E-state index is -0.744. The molecule has 0 spiro atoms. The molecule has 0 fully saturated rings. The minimum Gasteiger partial charge on any atom is -0.484 e. The van der Waals surface area contributed by atoms with Crippen LogP contribution in [0.25, 0.3) is 0 Å². The van der Waals surface area contributed by atoms with Crippen molar-refractivity contribution in [2.75, 3.05) is 6.61 Å². The first-order chi connectivity index (χ1) is 11.0. The Hall–Kier alpha value is -2.28. The summed E-state index contributed by atoms with van der Waals surface area (Å²) in [6.45, 7) is 1.13. The number of benzene rings is 2. The van der Waals surface area contributed by atoms with Crippen molar-refractivity contribution in [2.45, 2.75) is 6.92 Å². The highest BCUT2D eigenvalue weighted by Gasteiger charge is 2.12. The second kappa shape index (κ2) is 7.82. The van der Waals surface area contributed by atoms with Crippen LogP contribution < -0.4 is 10.2 Å². The second-order valence-electron chi connectivity index (χ2n) is 4.57. The number of amides is 1. The Morgan fingerprint density at radius 1 is 1.17 bits per heavy atom. The zero-order valence-electron chi connectivity index (χ0n) is 12.1. The number of ether oxygens (including phenoxy) is 1. The van der Waals surface area contributed by atoms with Crippen LogP contribution in [-0.4, -0.2) is 18.2 Å². The predicted octanol–water partition coefficient (Wildman–Crippen LogP) is 3.65. The van der Waals surface area contributed by atoms with Gasteiger partial charge in [-0.3, -0.25) is 4.79 Å². The van der Waals surface area contributed by atoms with Gasteiger partial charge >= 0.3 is 0 Å². The molecule has 0 saturated heterocycles. The van der Waals surface area contributed by atoms with Gasteiger partial charge < -0.3 is 4.74 Å². The number of hydrogen-bond acceptors (Lipinski definition) is 3. The molecule has 0 bridgehead atoms. The summed E-state index contributed by atoms with van der Waals surface area (Å²) < 4.78 is 33.3. The summed E-state index contributed by atoms with van der Waals surface area (Å²) in [6.07, 6.45) is 0. The standard InChI is InChI=1S/C16H13BrF2N2O2/c1-10(16-13(18)3-2-4-14(16)19)20-21-15(22)9-23-12-7-5-11(17)6-8-12/h2-8H,9H2,1H3,(H,21,22)/b20-10-. The van der Waals surface area contributed by atoms with Gasteiger partial charge in [-0.15, -0.1) is 0 Å². The number of nitrogens with zero attached hydrogens (tertiary/aromatic N) is 1. The highest BCUT2D eigenvalue weighted by atomic mass is 79.9. The zero-order valence-corrected chi connectivity index (χ0v) is 13.7. The van der Waals surface area contributed by atoms with Gasteiger partial charge in [-0.2, -0.15) is 5.10 Å². The Bertz CT molecular complexity index is 713. The topological polar surface area (TPSA) is 50.7 Å². The van der Waals surface area contributed by atoms with Gasteiger partial charge in [0.2, 0.25) is 0 Å². The van der Waals surface area contributed by atoms with E-state index in [1.807, 2.05) is 0 Å². The first-order valence-corrected chi connectivity index (χ1v) is 7.42. The molecule has 0 atom stereocenters. The second-order valence-corrected chi connectivity index (χ2v) is 5.49. The monoisotopic (exact) mass is 382 g/mol. The van der Waals surface area contributed by atoms with Gasteiger partial charge in [0, 0.05) is 4.47 Å². The van der Waals surface area contributed by atoms with Crippen LogP contribution in [0.5, 0.6) is 5.75 Å². The summed E-state index contributed by atoms with van der Waals surface area (Å²) in [6, 6.07) is 10.4. The molecule has 1 amide bonds. The Morgan fingerprint density at radius 3 is 2.39 bits per heavy atom. The van der Waals surface area contributed by atoms with Gasteiger partial charge in [0.25, 0.3) is 5.91 Å². The van der Waals surface area contributed by atoms with Crippen LogP contribution in [0, 0.1) is 11.6 Å². The van der Waals surface area contributed by atoms with E-state index in [4.69, 9.17) is 4.74 Å². The lowest BCUT2D eigenvalue weighted by Gasteiger charge is -2.07. The molecule has 0 aliphatic carbocycles. The number of halogens is 3. The molecule has 120 valence electrons. The van der Waals surface area contributed by atoms with Gasteiger partial charge in [-0.25, -0.2) is 14.2 Å². The summed E-state index contributed by atoms with van der Waals surface area (Å²) in [4.78, 5) is 11.6. The van der Waals surface area contributed by atoms with E-state index in [2.05, 4.69) is 26.5 Å². The molecule has 2 rings (SSSR count). The largest absolute Gasteiger partial charge is 0.484 e. The summed E-state index contributed by atoms with van der Waals surface area (Å²) in [7, 11) is 0. The molecule has 2 aromatic rings. The Balaban J connectivity index is 1.93. The fraction of sp³-hybridized carbons (Fsp3) is 0.125. The van der Waals surface area contributed by atoms with Gasteiger partial charge in [-0.05, 0) is 43.3 Å². The van der Waals surface area contributed by atoms with Crippen LogP contribution in [-0.2, 0) is 4.79 Å². The van der Waals surface area contributed by atoms with E-state index >= 15 is 0 Å². The molecule has 0 aliphatic heterocycles. The molecule has 0 aliphatic rings. The van der Waals surface area contributed by atoms with Gasteiger partial charge in [-0.1, -0.05) is 22.0 Å². The third-order valence-corrected chi connectivity index (χ3v) is 3.39. The van der Waals surface area contributed by atoms with Crippen molar-refractivity contribution in [3.8, 4) is 5.75 Å². The molecule has 0 unspecified atom stereocenters. The zero-order chi connectivity index (χ0) is 16.8. The molecule has 4 nitrogen and oxygen atoms in total. The van der Waals surface area contributed by atoms with Gasteiger partial charge in [0.1, 0.15) is 17.4 Å². The number of hydrogen-bond donors (Lipinski definition) is 1. The van der Waals surface area contributed by atoms with Crippen LogP contribution in [0.1, 0.15) is 12.5 Å². The molecule has 0 aromatic heterocycles. The number of rotatable bonds is 5. The number of hydrazone groups is 1. The highest BCUT2D eigenvalue weighted by molar-refractivity contribution is 9.10. The average Bonchev–Trinajstić information content (AvgIpc) is 2.52. The van der Waals surface area contributed by atoms with Gasteiger partial charge in [0.15, 0.2) is 6.61 Å². The fourth-order valence-electron chi connectivity index (χ4n) is 1.76. The third kappa shape index (κ3) is 4.85. The number of carbonyl (C=O) groups is 1. The Labute approximate surface area is 140 Å². The third-order valence-electron chi connectivity index (χ3n) is 2.86. The maximum Gasteiger partial charge on any atom is 0.277 e. The molecule has 1 N–H and O–H groups in total. The quantitative estimate of drug-likeness (QED) is 0.633. The van der Waals surface area contributed by atoms with Crippen molar-refractivity contribution in [3.05, 3.63) is 64.1 Å². The molecule has 7 heteroatoms. The summed E-state index contributed by atoms with van der Waals surface area (Å²) >= 11 is 3.29. The van der Waals surface area contributed by atoms with E-state index in [9.17, 15) is 13.6 Å². The van der Waals surface area contributed by atoms with Crippen molar-refractivity contribution < 1.29 is 18.3 Å². The SMILES string of the molecule is C/C(=N/NC(=O)COc1ccc(Br)cc1)c1c(F)cccc1F. The average molecular weight is 383 g/mol. The fourth-order valence-corrected chi connectivity index (χ4v) is 2.02. The molecule has 0 saturated carbocycles. The highest BCUT2D eigenvalue weighted by Crippen LogP contribution is 2.16. The van der Waals surface area contributed by atoms with E-state index in [1.165, 1.54) is 13.0 Å². The van der Waals surface area contributed by atoms with Crippen molar-refractivity contribution in [1.82, 2.24) is 5.43 Å². The van der Waals surface area contributed by atoms with Crippen LogP contribution >= 0.6 is 15.9 Å². The van der Waals surface area contributed by atoms with E-state index < -0.39 is 17.5 Å². The van der Waals surface area contributed by atoms with Crippen molar-refractivity contribution >= 4 is 27.5 Å². The number of nitrogens with one attached hydrogen (secondary N) is 1. The molecule has 0 heterocycles. The van der Waals surface area contributed by atoms with Crippen molar-refractivity contribution in [3.63, 3.8) is 0 Å². The van der Waals surface area contributed by atoms with Crippen LogP contribution in [0.4, 0.5) is 8.78 Å². The van der Waals surface area contributed by atoms with Crippen LogP contribution in [0.15, 0.2) is 52.0 Å². The molecular weight excluding hydrogens is 370 g/mol. The predicted molar refractivity (Wildman–Crippen MR) is 86.3 cm³/mol. The lowest BCUT2D eigenvalue weighted by Crippen LogP contribution is -2.26. The smallest absolute Gasteiger partial charge is 0.277 e. The maximum absolute atomic E-state index is 13.6. The number of carbonyl (C=O) groups excluding carboxylic acids is 1. The molecular formula is C16H13BrF2N2O2. The Morgan fingerprint density at radius 2 is 1.78 bits per heavy atom. The van der Waals surface area contributed by atoms with Gasteiger partial charge in [0.05, 0.1) is 11.3 Å². The molecule has 0 radical (unpaired) electrons. The Kier molecular flexibility index (Phi) is 5.81. The van der Waals surface area contributed by atoms with E-state index in [1.54, 1.807) is 24.3 Å². The first kappa shape index (κ1) is 17.1. The lowest BCUT2D eigenvalue weighted by molar-refractivity contribution is -0.123. The van der Waals surface area contributed by atoms with E-state index in [0.29, 0.717) is 5.75 Å². The van der Waals surface area contributed by atoms with E-state index in [-0.39, 0.29) is 17.9 Å². The van der Waals surface area contributed by atoms with Crippen LogP contribution in [0.2, 0.25) is 0 Å². The summed E-state index contributed by atoms with van der Waals surface area (Å²) in [5.74, 6) is -1.51. The summed E-state index contributed by atoms with van der Waals surface area (Å²) in [5, 5.41) is 3.69. The molecule has 23 heavy (non-hydrogen) atoms. The van der Waals surface area contributed by atoms with Crippen LogP contribution in [0.3, 0.4) is 0 Å². The first-order valence-electron chi connectivity index (χ1n) is 6.63. The molecule has 2 aromatic carbocycles. The lowest BCUT2D eigenvalue weighted by atomic mass is 10.1.